The molecule has 0 heterocycles. The van der Waals surface area contributed by atoms with Crippen LogP contribution in [0.2, 0.25) is 5.02 Å². The minimum atomic E-state index is -0.692. The molecule has 0 aliphatic heterocycles. The molecule has 0 bridgehead atoms. The molecule has 0 saturated heterocycles. The lowest BCUT2D eigenvalue weighted by Crippen LogP contribution is -2.51. The lowest BCUT2D eigenvalue weighted by Gasteiger charge is -2.31. The first kappa shape index (κ1) is 24.3. The van der Waals surface area contributed by atoms with Crippen LogP contribution >= 0.6 is 11.6 Å². The molecule has 0 unspecified atom stereocenters. The van der Waals surface area contributed by atoms with Crippen LogP contribution in [0.25, 0.3) is 0 Å². The number of carbonyl (C=O) groups is 2. The predicted octanol–water partition coefficient (Wildman–Crippen LogP) is 4.72. The van der Waals surface area contributed by atoms with Crippen LogP contribution in [0.3, 0.4) is 0 Å². The number of nitrogens with zero attached hydrogens (tertiary/aromatic N) is 1. The summed E-state index contributed by atoms with van der Waals surface area (Å²) < 4.78 is 5.89. The van der Waals surface area contributed by atoms with Crippen LogP contribution in [0.4, 0.5) is 0 Å². The van der Waals surface area contributed by atoms with Crippen molar-refractivity contribution in [3.8, 4) is 5.75 Å². The van der Waals surface area contributed by atoms with E-state index in [1.165, 1.54) is 0 Å². The summed E-state index contributed by atoms with van der Waals surface area (Å²) in [6.07, 6.45) is 0.392. The molecule has 3 aromatic rings. The van der Waals surface area contributed by atoms with Crippen molar-refractivity contribution in [2.75, 3.05) is 13.7 Å². The zero-order valence-corrected chi connectivity index (χ0v) is 19.9. The van der Waals surface area contributed by atoms with E-state index in [2.05, 4.69) is 5.32 Å². The summed E-state index contributed by atoms with van der Waals surface area (Å²) in [5.41, 5.74) is 3.84. The van der Waals surface area contributed by atoms with Gasteiger partial charge in [-0.3, -0.25) is 9.59 Å². The molecular weight excluding hydrogens is 436 g/mol. The van der Waals surface area contributed by atoms with Crippen molar-refractivity contribution in [1.82, 2.24) is 10.2 Å². The highest BCUT2D eigenvalue weighted by molar-refractivity contribution is 6.30. The molecule has 0 fully saturated rings. The standard InChI is InChI=1S/C27H29ClN2O3/c1-19-9-10-20(2)25(15-19)33-18-26(31)30(17-22-11-13-23(28)14-12-22)24(27(32)29-3)16-21-7-5-4-6-8-21/h4-15,24H,16-18H2,1-3H3,(H,29,32)/t24-/m0/s1. The molecule has 1 N–H and O–H groups in total. The van der Waals surface area contributed by atoms with Gasteiger partial charge < -0.3 is 15.0 Å². The Hall–Kier alpha value is -3.31. The van der Waals surface area contributed by atoms with Gasteiger partial charge in [0.25, 0.3) is 5.91 Å². The Labute approximate surface area is 200 Å². The molecule has 1 atom stereocenters. The molecule has 172 valence electrons. The number of hydrogen-bond donors (Lipinski definition) is 1. The third kappa shape index (κ3) is 6.83. The summed E-state index contributed by atoms with van der Waals surface area (Å²) in [6, 6.07) is 22.1. The number of rotatable bonds is 9. The molecule has 5 nitrogen and oxygen atoms in total. The number of hydrogen-bond acceptors (Lipinski definition) is 3. The van der Waals surface area contributed by atoms with Crippen molar-refractivity contribution >= 4 is 23.4 Å². The zero-order chi connectivity index (χ0) is 23.8. The molecule has 2 amide bonds. The van der Waals surface area contributed by atoms with E-state index in [9.17, 15) is 9.59 Å². The van der Waals surface area contributed by atoms with Gasteiger partial charge in [0, 0.05) is 25.0 Å². The molecule has 33 heavy (non-hydrogen) atoms. The van der Waals surface area contributed by atoms with E-state index in [-0.39, 0.29) is 25.0 Å². The minimum absolute atomic E-state index is 0.167. The second-order valence-corrected chi connectivity index (χ2v) is 8.46. The molecular formula is C27H29ClN2O3. The van der Waals surface area contributed by atoms with Crippen LogP contribution in [-0.2, 0) is 22.6 Å². The van der Waals surface area contributed by atoms with E-state index in [1.54, 1.807) is 24.1 Å². The summed E-state index contributed by atoms with van der Waals surface area (Å²) in [7, 11) is 1.58. The fourth-order valence-corrected chi connectivity index (χ4v) is 3.72. The van der Waals surface area contributed by atoms with E-state index in [4.69, 9.17) is 16.3 Å². The first-order chi connectivity index (χ1) is 15.9. The van der Waals surface area contributed by atoms with Crippen LogP contribution in [-0.4, -0.2) is 36.4 Å². The van der Waals surface area contributed by atoms with E-state index >= 15 is 0 Å². The normalized spacial score (nSPS) is 11.5. The van der Waals surface area contributed by atoms with Gasteiger partial charge in [0.2, 0.25) is 5.91 Å². The zero-order valence-electron chi connectivity index (χ0n) is 19.2. The van der Waals surface area contributed by atoms with Gasteiger partial charge in [0.1, 0.15) is 11.8 Å². The number of aryl methyl sites for hydroxylation is 2. The lowest BCUT2D eigenvalue weighted by molar-refractivity contribution is -0.142. The number of ether oxygens (including phenoxy) is 1. The average molecular weight is 465 g/mol. The van der Waals surface area contributed by atoms with Gasteiger partial charge in [-0.15, -0.1) is 0 Å². The summed E-state index contributed by atoms with van der Waals surface area (Å²) in [5.74, 6) is 0.164. The number of nitrogens with one attached hydrogen (secondary N) is 1. The van der Waals surface area contributed by atoms with E-state index in [0.717, 1.165) is 22.3 Å². The van der Waals surface area contributed by atoms with Crippen LogP contribution in [0.15, 0.2) is 72.8 Å². The molecule has 0 aliphatic carbocycles. The first-order valence-electron chi connectivity index (χ1n) is 10.9. The van der Waals surface area contributed by atoms with Gasteiger partial charge in [-0.05, 0) is 54.3 Å². The predicted molar refractivity (Wildman–Crippen MR) is 131 cm³/mol. The molecule has 6 heteroatoms. The van der Waals surface area contributed by atoms with Crippen LogP contribution in [0.5, 0.6) is 5.75 Å². The van der Waals surface area contributed by atoms with Crippen LogP contribution < -0.4 is 10.1 Å². The molecule has 0 saturated carbocycles. The Balaban J connectivity index is 1.88. The maximum atomic E-state index is 13.4. The second kappa shape index (κ2) is 11.5. The van der Waals surface area contributed by atoms with E-state index in [1.807, 2.05) is 74.5 Å². The number of carbonyl (C=O) groups excluding carboxylic acids is 2. The third-order valence-electron chi connectivity index (χ3n) is 5.48. The second-order valence-electron chi connectivity index (χ2n) is 8.03. The minimum Gasteiger partial charge on any atom is -0.483 e. The Kier molecular flexibility index (Phi) is 8.50. The molecule has 0 aliphatic rings. The Morgan fingerprint density at radius 1 is 0.970 bits per heavy atom. The molecule has 3 aromatic carbocycles. The summed E-state index contributed by atoms with van der Waals surface area (Å²) in [6.45, 7) is 4.01. The number of amides is 2. The average Bonchev–Trinajstić information content (AvgIpc) is 2.83. The van der Waals surface area contributed by atoms with Gasteiger partial charge in [-0.25, -0.2) is 0 Å². The highest BCUT2D eigenvalue weighted by Crippen LogP contribution is 2.21. The number of benzene rings is 3. The SMILES string of the molecule is CNC(=O)[C@H](Cc1ccccc1)N(Cc1ccc(Cl)cc1)C(=O)COc1cc(C)ccc1C. The summed E-state index contributed by atoms with van der Waals surface area (Å²) in [5, 5.41) is 3.32. The van der Waals surface area contributed by atoms with Gasteiger partial charge >= 0.3 is 0 Å². The highest BCUT2D eigenvalue weighted by Gasteiger charge is 2.30. The van der Waals surface area contributed by atoms with Crippen molar-refractivity contribution in [3.63, 3.8) is 0 Å². The monoisotopic (exact) mass is 464 g/mol. The maximum Gasteiger partial charge on any atom is 0.261 e. The summed E-state index contributed by atoms with van der Waals surface area (Å²) >= 11 is 6.03. The van der Waals surface area contributed by atoms with Gasteiger partial charge in [0.15, 0.2) is 6.61 Å². The molecule has 0 aromatic heterocycles. The fourth-order valence-electron chi connectivity index (χ4n) is 3.59. The quantitative estimate of drug-likeness (QED) is 0.498. The Bertz CT molecular complexity index is 1080. The largest absolute Gasteiger partial charge is 0.483 e. The first-order valence-corrected chi connectivity index (χ1v) is 11.2. The van der Waals surface area contributed by atoms with Crippen molar-refractivity contribution in [2.45, 2.75) is 32.9 Å². The molecule has 0 spiro atoms. The van der Waals surface area contributed by atoms with Crippen LogP contribution in [0, 0.1) is 13.8 Å². The van der Waals surface area contributed by atoms with E-state index in [0.29, 0.717) is 17.2 Å². The topological polar surface area (TPSA) is 58.6 Å². The summed E-state index contributed by atoms with van der Waals surface area (Å²) in [4.78, 5) is 27.9. The van der Waals surface area contributed by atoms with Crippen molar-refractivity contribution in [2.24, 2.45) is 0 Å². The Morgan fingerprint density at radius 2 is 1.67 bits per heavy atom. The highest BCUT2D eigenvalue weighted by atomic mass is 35.5. The van der Waals surface area contributed by atoms with Gasteiger partial charge in [0.05, 0.1) is 0 Å². The van der Waals surface area contributed by atoms with Crippen molar-refractivity contribution < 1.29 is 14.3 Å². The van der Waals surface area contributed by atoms with Gasteiger partial charge in [-0.1, -0.05) is 66.2 Å². The number of likely N-dealkylation sites (N-methyl/N-ethyl adjacent to an activating group) is 1. The van der Waals surface area contributed by atoms with Crippen molar-refractivity contribution in [1.29, 1.82) is 0 Å². The lowest BCUT2D eigenvalue weighted by atomic mass is 10.0. The van der Waals surface area contributed by atoms with Gasteiger partial charge in [-0.2, -0.15) is 0 Å². The Morgan fingerprint density at radius 3 is 2.33 bits per heavy atom. The molecule has 0 radical (unpaired) electrons. The maximum absolute atomic E-state index is 13.4. The fraction of sp³-hybridized carbons (Fsp3) is 0.259. The van der Waals surface area contributed by atoms with Crippen molar-refractivity contribution in [3.05, 3.63) is 100 Å². The van der Waals surface area contributed by atoms with Crippen LogP contribution in [0.1, 0.15) is 22.3 Å². The third-order valence-corrected chi connectivity index (χ3v) is 5.73. The number of halogens is 1. The van der Waals surface area contributed by atoms with E-state index < -0.39 is 6.04 Å². The molecule has 3 rings (SSSR count). The smallest absolute Gasteiger partial charge is 0.261 e.